The van der Waals surface area contributed by atoms with E-state index >= 15 is 0 Å². The number of aryl methyl sites for hydroxylation is 1. The first-order valence-electron chi connectivity index (χ1n) is 11.7. The second kappa shape index (κ2) is 8.29. The second-order valence-electron chi connectivity index (χ2n) is 9.57. The van der Waals surface area contributed by atoms with Crippen molar-refractivity contribution < 1.29 is 9.32 Å². The van der Waals surface area contributed by atoms with Gasteiger partial charge in [-0.1, -0.05) is 17.7 Å². The molecule has 2 aromatic rings. The fraction of sp³-hybridized carbons (Fsp3) is 0.565. The standard InChI is InChI=1S/C23H27ClN6O2S/c24-15-10-25-20(26-11-15)17-9-16-8-14(17)12-30(16)22-27-18-4-1-2-7-33(32)19(18)21(28-22)29-23(13-31)5-3-6-23/h9-11,14,16,31H,1-8,12-13H2,(H,27,28,29)/t14?,16?,33-/m0/s1. The molecular formula is C23H27ClN6O2S. The van der Waals surface area contributed by atoms with E-state index in [9.17, 15) is 9.32 Å². The Balaban J connectivity index is 1.35. The SMILES string of the molecule is O=[S@]1CCCCc2nc(N3CC4CC3C=C4c3ncc(Cl)cn3)nc(NC3(CO)CCC3)c21. The van der Waals surface area contributed by atoms with E-state index in [1.807, 2.05) is 0 Å². The largest absolute Gasteiger partial charge is 0.394 e. The highest BCUT2D eigenvalue weighted by atomic mass is 35.5. The maximum atomic E-state index is 13.1. The predicted octanol–water partition coefficient (Wildman–Crippen LogP) is 2.98. The lowest BCUT2D eigenvalue weighted by atomic mass is 9.77. The maximum absolute atomic E-state index is 13.1. The molecule has 0 aromatic carbocycles. The molecule has 174 valence electrons. The third-order valence-corrected chi connectivity index (χ3v) is 9.17. The van der Waals surface area contributed by atoms with Crippen LogP contribution in [0.2, 0.25) is 5.02 Å². The Morgan fingerprint density at radius 3 is 2.70 bits per heavy atom. The first-order chi connectivity index (χ1) is 16.0. The van der Waals surface area contributed by atoms with Crippen LogP contribution in [0.3, 0.4) is 0 Å². The van der Waals surface area contributed by atoms with Crippen molar-refractivity contribution in [3.63, 3.8) is 0 Å². The van der Waals surface area contributed by atoms with Gasteiger partial charge in [-0.15, -0.1) is 0 Å². The zero-order valence-electron chi connectivity index (χ0n) is 18.3. The monoisotopic (exact) mass is 486 g/mol. The number of halogens is 1. The van der Waals surface area contributed by atoms with E-state index in [1.54, 1.807) is 12.4 Å². The summed E-state index contributed by atoms with van der Waals surface area (Å²) in [6.45, 7) is 0.851. The molecule has 2 bridgehead atoms. The lowest BCUT2D eigenvalue weighted by Crippen LogP contribution is -2.49. The van der Waals surface area contributed by atoms with Gasteiger partial charge in [0.15, 0.2) is 5.82 Å². The summed E-state index contributed by atoms with van der Waals surface area (Å²) in [4.78, 5) is 21.7. The molecule has 0 amide bonds. The Morgan fingerprint density at radius 2 is 2.03 bits per heavy atom. The van der Waals surface area contributed by atoms with Gasteiger partial charge in [0, 0.05) is 30.6 Å². The summed E-state index contributed by atoms with van der Waals surface area (Å²) in [6.07, 6.45) is 12.0. The van der Waals surface area contributed by atoms with Crippen molar-refractivity contribution in [1.82, 2.24) is 19.9 Å². The molecule has 2 aliphatic heterocycles. The molecule has 4 heterocycles. The Labute approximate surface area is 200 Å². The van der Waals surface area contributed by atoms with Crippen molar-refractivity contribution in [3.05, 3.63) is 35.0 Å². The number of aromatic nitrogens is 4. The molecule has 3 atom stereocenters. The third kappa shape index (κ3) is 3.74. The van der Waals surface area contributed by atoms with Crippen molar-refractivity contribution in [3.8, 4) is 0 Å². The van der Waals surface area contributed by atoms with Crippen LogP contribution in [0, 0.1) is 5.92 Å². The Bertz CT molecular complexity index is 1130. The van der Waals surface area contributed by atoms with E-state index in [0.717, 1.165) is 73.5 Å². The number of hydrogen-bond acceptors (Lipinski definition) is 8. The van der Waals surface area contributed by atoms with Crippen LogP contribution in [0.1, 0.15) is 50.0 Å². The number of hydrogen-bond donors (Lipinski definition) is 2. The number of rotatable bonds is 5. The van der Waals surface area contributed by atoms with Crippen LogP contribution in [0.15, 0.2) is 23.4 Å². The average molecular weight is 487 g/mol. The number of nitrogens with one attached hydrogen (secondary N) is 1. The summed E-state index contributed by atoms with van der Waals surface area (Å²) in [5.74, 6) is 3.03. The van der Waals surface area contributed by atoms with Gasteiger partial charge in [-0.3, -0.25) is 4.21 Å². The molecule has 10 heteroatoms. The Kier molecular flexibility index (Phi) is 5.38. The van der Waals surface area contributed by atoms with E-state index in [-0.39, 0.29) is 18.2 Å². The number of anilines is 2. The molecule has 2 N–H and O–H groups in total. The van der Waals surface area contributed by atoms with E-state index in [1.165, 1.54) is 0 Å². The van der Waals surface area contributed by atoms with Crippen molar-refractivity contribution >= 4 is 39.7 Å². The van der Waals surface area contributed by atoms with Crippen molar-refractivity contribution in [2.45, 2.75) is 61.4 Å². The van der Waals surface area contributed by atoms with Gasteiger partial charge in [0.05, 0.1) is 39.7 Å². The molecule has 8 nitrogen and oxygen atoms in total. The van der Waals surface area contributed by atoms with Crippen LogP contribution in [0.5, 0.6) is 0 Å². The van der Waals surface area contributed by atoms with E-state index in [2.05, 4.69) is 26.3 Å². The minimum absolute atomic E-state index is 0.0509. The molecule has 0 radical (unpaired) electrons. The Hall–Kier alpha value is -2.10. The van der Waals surface area contributed by atoms with E-state index in [0.29, 0.717) is 28.5 Å². The molecule has 0 spiro atoms. The summed E-state index contributed by atoms with van der Waals surface area (Å²) >= 11 is 5.95. The quantitative estimate of drug-likeness (QED) is 0.664. The highest BCUT2D eigenvalue weighted by Crippen LogP contribution is 2.44. The van der Waals surface area contributed by atoms with Crippen molar-refractivity contribution in [2.75, 3.05) is 29.1 Å². The summed E-state index contributed by atoms with van der Waals surface area (Å²) in [5, 5.41) is 14.1. The lowest BCUT2D eigenvalue weighted by molar-refractivity contribution is 0.143. The predicted molar refractivity (Wildman–Crippen MR) is 128 cm³/mol. The highest BCUT2D eigenvalue weighted by molar-refractivity contribution is 7.85. The van der Waals surface area contributed by atoms with Crippen molar-refractivity contribution in [2.24, 2.45) is 5.92 Å². The third-order valence-electron chi connectivity index (χ3n) is 7.43. The second-order valence-corrected chi connectivity index (χ2v) is 11.5. The van der Waals surface area contributed by atoms with Crippen LogP contribution >= 0.6 is 11.6 Å². The van der Waals surface area contributed by atoms with Gasteiger partial charge in [0.2, 0.25) is 5.95 Å². The number of fused-ring (bicyclic) bond motifs is 3. The lowest BCUT2D eigenvalue weighted by Gasteiger charge is -2.42. The van der Waals surface area contributed by atoms with E-state index < -0.39 is 10.8 Å². The van der Waals surface area contributed by atoms with Crippen LogP contribution < -0.4 is 10.2 Å². The van der Waals surface area contributed by atoms with Gasteiger partial charge in [0.1, 0.15) is 10.7 Å². The van der Waals surface area contributed by atoms with Crippen LogP contribution in [-0.4, -0.2) is 59.7 Å². The normalized spacial score (nSPS) is 27.5. The Morgan fingerprint density at radius 1 is 1.21 bits per heavy atom. The molecule has 2 fully saturated rings. The molecule has 6 rings (SSSR count). The molecule has 2 aromatic heterocycles. The molecular weight excluding hydrogens is 460 g/mol. The van der Waals surface area contributed by atoms with Gasteiger partial charge in [-0.25, -0.2) is 15.0 Å². The van der Waals surface area contributed by atoms with E-state index in [4.69, 9.17) is 21.6 Å². The number of nitrogens with zero attached hydrogens (tertiary/aromatic N) is 5. The van der Waals surface area contributed by atoms with Crippen molar-refractivity contribution in [1.29, 1.82) is 0 Å². The van der Waals surface area contributed by atoms with Gasteiger partial charge in [0.25, 0.3) is 0 Å². The number of aliphatic hydroxyl groups is 1. The first kappa shape index (κ1) is 21.4. The minimum atomic E-state index is -1.13. The molecule has 2 unspecified atom stereocenters. The molecule has 33 heavy (non-hydrogen) atoms. The minimum Gasteiger partial charge on any atom is -0.394 e. The van der Waals surface area contributed by atoms with Gasteiger partial charge in [-0.2, -0.15) is 4.98 Å². The smallest absolute Gasteiger partial charge is 0.228 e. The summed E-state index contributed by atoms with van der Waals surface area (Å²) in [7, 11) is -1.13. The van der Waals surface area contributed by atoms with Gasteiger partial charge < -0.3 is 15.3 Å². The van der Waals surface area contributed by atoms with Gasteiger partial charge >= 0.3 is 0 Å². The molecule has 2 aliphatic carbocycles. The summed E-state index contributed by atoms with van der Waals surface area (Å²) < 4.78 is 13.1. The summed E-state index contributed by atoms with van der Waals surface area (Å²) in [5.41, 5.74) is 1.69. The van der Waals surface area contributed by atoms with Crippen LogP contribution in [0.4, 0.5) is 11.8 Å². The highest BCUT2D eigenvalue weighted by Gasteiger charge is 2.43. The fourth-order valence-electron chi connectivity index (χ4n) is 5.45. The van der Waals surface area contributed by atoms with Crippen LogP contribution in [0.25, 0.3) is 5.57 Å². The fourth-order valence-corrected chi connectivity index (χ4v) is 6.94. The molecule has 4 aliphatic rings. The maximum Gasteiger partial charge on any atom is 0.228 e. The first-order valence-corrected chi connectivity index (χ1v) is 13.4. The zero-order chi connectivity index (χ0) is 22.6. The zero-order valence-corrected chi connectivity index (χ0v) is 19.9. The average Bonchev–Trinajstić information content (AvgIpc) is 3.35. The topological polar surface area (TPSA) is 104 Å². The molecule has 1 saturated heterocycles. The summed E-state index contributed by atoms with van der Waals surface area (Å²) in [6, 6.07) is 0.182. The van der Waals surface area contributed by atoms with Crippen LogP contribution in [-0.2, 0) is 17.2 Å². The number of aliphatic hydroxyl groups excluding tert-OH is 1. The van der Waals surface area contributed by atoms with Gasteiger partial charge in [-0.05, 0) is 50.5 Å². The molecule has 1 saturated carbocycles.